The Morgan fingerprint density at radius 3 is 2.94 bits per heavy atom. The fraction of sp³-hybridized carbons (Fsp3) is 0.467. The lowest BCUT2D eigenvalue weighted by Crippen LogP contribution is -2.25. The van der Waals surface area contributed by atoms with Gasteiger partial charge in [0.25, 0.3) is 0 Å². The van der Waals surface area contributed by atoms with Gasteiger partial charge in [-0.3, -0.25) is 0 Å². The van der Waals surface area contributed by atoms with Crippen molar-refractivity contribution in [2.45, 2.75) is 25.8 Å². The highest BCUT2D eigenvalue weighted by molar-refractivity contribution is 6.30. The van der Waals surface area contributed by atoms with E-state index in [-0.39, 0.29) is 0 Å². The molecule has 0 saturated carbocycles. The summed E-state index contributed by atoms with van der Waals surface area (Å²) in [5, 5.41) is 4.27. The average molecular weight is 268 g/mol. The highest BCUT2D eigenvalue weighted by Crippen LogP contribution is 2.19. The zero-order valence-corrected chi connectivity index (χ0v) is 11.7. The van der Waals surface area contributed by atoms with Gasteiger partial charge in [-0.05, 0) is 30.5 Å². The molecule has 0 radical (unpaired) electrons. The Bertz CT molecular complexity index is 354. The van der Waals surface area contributed by atoms with Gasteiger partial charge in [-0.25, -0.2) is 0 Å². The van der Waals surface area contributed by atoms with Crippen LogP contribution in [0.1, 0.15) is 31.4 Å². The summed E-state index contributed by atoms with van der Waals surface area (Å²) in [5.74, 6) is 0. The van der Waals surface area contributed by atoms with Crippen molar-refractivity contribution in [3.8, 4) is 0 Å². The highest BCUT2D eigenvalue weighted by atomic mass is 35.5. The molecule has 0 heterocycles. The average Bonchev–Trinajstić information content (AvgIpc) is 2.38. The van der Waals surface area contributed by atoms with E-state index >= 15 is 0 Å². The van der Waals surface area contributed by atoms with Crippen LogP contribution in [0, 0.1) is 0 Å². The van der Waals surface area contributed by atoms with E-state index in [1.807, 2.05) is 24.3 Å². The number of rotatable bonds is 9. The summed E-state index contributed by atoms with van der Waals surface area (Å²) in [6.45, 7) is 8.15. The van der Waals surface area contributed by atoms with Gasteiger partial charge in [0.1, 0.15) is 0 Å². The molecular formula is C15H22ClNO. The summed E-state index contributed by atoms with van der Waals surface area (Å²) in [6, 6.07) is 8.35. The van der Waals surface area contributed by atoms with Gasteiger partial charge < -0.3 is 10.1 Å². The van der Waals surface area contributed by atoms with E-state index in [4.69, 9.17) is 16.3 Å². The summed E-state index contributed by atoms with van der Waals surface area (Å²) in [7, 11) is 0. The number of benzene rings is 1. The SMILES string of the molecule is C=CCCOCCNC(CC)c1cccc(Cl)c1. The van der Waals surface area contributed by atoms with E-state index < -0.39 is 0 Å². The molecule has 100 valence electrons. The number of hydrogen-bond donors (Lipinski definition) is 1. The van der Waals surface area contributed by atoms with Gasteiger partial charge in [0.15, 0.2) is 0 Å². The van der Waals surface area contributed by atoms with E-state index in [0.717, 1.165) is 37.6 Å². The lowest BCUT2D eigenvalue weighted by molar-refractivity contribution is 0.138. The standard InChI is InChI=1S/C15H22ClNO/c1-3-5-10-18-11-9-17-15(4-2)13-7-6-8-14(16)12-13/h3,6-8,12,15,17H,1,4-5,9-11H2,2H3. The number of ether oxygens (including phenoxy) is 1. The van der Waals surface area contributed by atoms with E-state index in [0.29, 0.717) is 6.04 Å². The molecule has 1 N–H and O–H groups in total. The smallest absolute Gasteiger partial charge is 0.0591 e. The fourth-order valence-corrected chi connectivity index (χ4v) is 1.99. The molecule has 0 amide bonds. The van der Waals surface area contributed by atoms with E-state index in [1.54, 1.807) is 0 Å². The first kappa shape index (κ1) is 15.2. The maximum atomic E-state index is 6.00. The van der Waals surface area contributed by atoms with Gasteiger partial charge in [-0.2, -0.15) is 0 Å². The van der Waals surface area contributed by atoms with Crippen LogP contribution >= 0.6 is 11.6 Å². The van der Waals surface area contributed by atoms with Gasteiger partial charge in [0.05, 0.1) is 13.2 Å². The predicted octanol–water partition coefficient (Wildman–Crippen LogP) is 3.97. The predicted molar refractivity (Wildman–Crippen MR) is 78.1 cm³/mol. The van der Waals surface area contributed by atoms with Crippen molar-refractivity contribution in [2.24, 2.45) is 0 Å². The van der Waals surface area contributed by atoms with Crippen LogP contribution in [0.3, 0.4) is 0 Å². The normalized spacial score (nSPS) is 12.3. The molecule has 0 fully saturated rings. The van der Waals surface area contributed by atoms with Gasteiger partial charge in [-0.1, -0.05) is 36.7 Å². The molecular weight excluding hydrogens is 246 g/mol. The van der Waals surface area contributed by atoms with Crippen LogP contribution in [0.15, 0.2) is 36.9 Å². The molecule has 0 aromatic heterocycles. The first-order valence-electron chi connectivity index (χ1n) is 6.45. The fourth-order valence-electron chi connectivity index (χ4n) is 1.80. The van der Waals surface area contributed by atoms with Crippen LogP contribution in [0.5, 0.6) is 0 Å². The topological polar surface area (TPSA) is 21.3 Å². The number of nitrogens with one attached hydrogen (secondary N) is 1. The molecule has 1 atom stereocenters. The molecule has 2 nitrogen and oxygen atoms in total. The first-order chi connectivity index (χ1) is 8.77. The van der Waals surface area contributed by atoms with Crippen LogP contribution in [-0.2, 0) is 4.74 Å². The van der Waals surface area contributed by atoms with Gasteiger partial charge in [0.2, 0.25) is 0 Å². The highest BCUT2D eigenvalue weighted by Gasteiger charge is 2.08. The van der Waals surface area contributed by atoms with Crippen molar-refractivity contribution >= 4 is 11.6 Å². The van der Waals surface area contributed by atoms with E-state index in [1.165, 1.54) is 5.56 Å². The van der Waals surface area contributed by atoms with Crippen molar-refractivity contribution in [3.05, 3.63) is 47.5 Å². The van der Waals surface area contributed by atoms with Crippen molar-refractivity contribution in [1.82, 2.24) is 5.32 Å². The van der Waals surface area contributed by atoms with Gasteiger partial charge in [0, 0.05) is 17.6 Å². The summed E-state index contributed by atoms with van der Waals surface area (Å²) >= 11 is 6.00. The van der Waals surface area contributed by atoms with Crippen LogP contribution in [0.25, 0.3) is 0 Å². The summed E-state index contributed by atoms with van der Waals surface area (Å²) in [4.78, 5) is 0. The molecule has 1 rings (SSSR count). The van der Waals surface area contributed by atoms with Crippen LogP contribution in [-0.4, -0.2) is 19.8 Å². The Balaban J connectivity index is 2.31. The van der Waals surface area contributed by atoms with Crippen molar-refractivity contribution in [2.75, 3.05) is 19.8 Å². The minimum Gasteiger partial charge on any atom is -0.380 e. The van der Waals surface area contributed by atoms with Crippen LogP contribution in [0.4, 0.5) is 0 Å². The van der Waals surface area contributed by atoms with Crippen molar-refractivity contribution in [1.29, 1.82) is 0 Å². The third-order valence-electron chi connectivity index (χ3n) is 2.76. The Morgan fingerprint density at radius 1 is 1.44 bits per heavy atom. The van der Waals surface area contributed by atoms with E-state index in [2.05, 4.69) is 24.9 Å². The second kappa shape index (κ2) is 9.15. The Hall–Kier alpha value is -0.830. The zero-order valence-electron chi connectivity index (χ0n) is 11.0. The molecule has 0 spiro atoms. The van der Waals surface area contributed by atoms with Gasteiger partial charge >= 0.3 is 0 Å². The lowest BCUT2D eigenvalue weighted by atomic mass is 10.0. The van der Waals surface area contributed by atoms with Crippen molar-refractivity contribution in [3.63, 3.8) is 0 Å². The Labute approximate surface area is 115 Å². The summed E-state index contributed by atoms with van der Waals surface area (Å²) in [5.41, 5.74) is 1.23. The second-order valence-electron chi connectivity index (χ2n) is 4.16. The molecule has 1 aromatic carbocycles. The molecule has 0 aliphatic carbocycles. The molecule has 0 aliphatic heterocycles. The third-order valence-corrected chi connectivity index (χ3v) is 3.00. The lowest BCUT2D eigenvalue weighted by Gasteiger charge is -2.17. The Morgan fingerprint density at radius 2 is 2.28 bits per heavy atom. The second-order valence-corrected chi connectivity index (χ2v) is 4.60. The van der Waals surface area contributed by atoms with Crippen LogP contribution in [0.2, 0.25) is 5.02 Å². The first-order valence-corrected chi connectivity index (χ1v) is 6.83. The Kier molecular flexibility index (Phi) is 7.74. The largest absolute Gasteiger partial charge is 0.380 e. The zero-order chi connectivity index (χ0) is 13.2. The number of hydrogen-bond acceptors (Lipinski definition) is 2. The molecule has 0 aliphatic rings. The molecule has 3 heteroatoms. The quantitative estimate of drug-likeness (QED) is 0.540. The van der Waals surface area contributed by atoms with E-state index in [9.17, 15) is 0 Å². The summed E-state index contributed by atoms with van der Waals surface area (Å²) < 4.78 is 5.47. The molecule has 1 aromatic rings. The maximum Gasteiger partial charge on any atom is 0.0591 e. The monoisotopic (exact) mass is 267 g/mol. The van der Waals surface area contributed by atoms with Gasteiger partial charge in [-0.15, -0.1) is 6.58 Å². The van der Waals surface area contributed by atoms with Crippen molar-refractivity contribution < 1.29 is 4.74 Å². The minimum atomic E-state index is 0.340. The molecule has 1 unspecified atom stereocenters. The minimum absolute atomic E-state index is 0.340. The summed E-state index contributed by atoms with van der Waals surface area (Å²) in [6.07, 6.45) is 3.81. The van der Waals surface area contributed by atoms with Crippen LogP contribution < -0.4 is 5.32 Å². The molecule has 18 heavy (non-hydrogen) atoms. The number of halogens is 1. The molecule has 0 saturated heterocycles. The maximum absolute atomic E-state index is 6.00. The molecule has 0 bridgehead atoms. The third kappa shape index (κ3) is 5.67.